The van der Waals surface area contributed by atoms with Gasteiger partial charge in [-0.2, -0.15) is 0 Å². The maximum atomic E-state index is 9.80. The van der Waals surface area contributed by atoms with Gasteiger partial charge in [-0.05, 0) is 19.2 Å². The molecule has 0 heterocycles. The standard InChI is InChI=1S/C10H14ClNO3/c1-12-5-8(14)9-6(11)3-4-7(13)10(9)15-2/h3-4,8,12-14H,5H2,1-2H3. The minimum absolute atomic E-state index is 0.0351. The third kappa shape index (κ3) is 2.53. The molecular formula is C10H14ClNO3. The van der Waals surface area contributed by atoms with E-state index in [-0.39, 0.29) is 11.5 Å². The van der Waals surface area contributed by atoms with Crippen molar-refractivity contribution in [3.05, 3.63) is 22.7 Å². The summed E-state index contributed by atoms with van der Waals surface area (Å²) < 4.78 is 5.00. The van der Waals surface area contributed by atoms with Gasteiger partial charge in [-0.25, -0.2) is 0 Å². The second-order valence-corrected chi connectivity index (χ2v) is 3.49. The first-order valence-corrected chi connectivity index (χ1v) is 4.87. The third-order valence-electron chi connectivity index (χ3n) is 2.06. The molecule has 0 aliphatic carbocycles. The van der Waals surface area contributed by atoms with E-state index in [0.29, 0.717) is 17.1 Å². The Labute approximate surface area is 93.4 Å². The van der Waals surface area contributed by atoms with Crippen LogP contribution in [-0.4, -0.2) is 30.9 Å². The Morgan fingerprint density at radius 2 is 2.20 bits per heavy atom. The van der Waals surface area contributed by atoms with Crippen molar-refractivity contribution in [1.82, 2.24) is 5.32 Å². The predicted octanol–water partition coefficient (Wildman–Crippen LogP) is 1.31. The quantitative estimate of drug-likeness (QED) is 0.731. The molecule has 1 rings (SSSR count). The molecule has 0 amide bonds. The van der Waals surface area contributed by atoms with Gasteiger partial charge in [0, 0.05) is 12.1 Å². The highest BCUT2D eigenvalue weighted by atomic mass is 35.5. The number of hydrogen-bond donors (Lipinski definition) is 3. The van der Waals surface area contributed by atoms with Crippen LogP contribution in [0.3, 0.4) is 0 Å². The number of hydrogen-bond acceptors (Lipinski definition) is 4. The Kier molecular flexibility index (Phi) is 4.20. The molecule has 1 atom stereocenters. The number of halogens is 1. The Morgan fingerprint density at radius 1 is 1.53 bits per heavy atom. The van der Waals surface area contributed by atoms with Gasteiger partial charge in [-0.15, -0.1) is 0 Å². The van der Waals surface area contributed by atoms with E-state index in [0.717, 1.165) is 0 Å². The van der Waals surface area contributed by atoms with Crippen molar-refractivity contribution in [2.24, 2.45) is 0 Å². The Hall–Kier alpha value is -0.970. The van der Waals surface area contributed by atoms with Crippen LogP contribution in [0.2, 0.25) is 5.02 Å². The number of aliphatic hydroxyl groups excluding tert-OH is 1. The number of methoxy groups -OCH3 is 1. The SMILES string of the molecule is CNCC(O)c1c(Cl)ccc(O)c1OC. The molecule has 1 aromatic carbocycles. The molecule has 0 saturated carbocycles. The summed E-state index contributed by atoms with van der Waals surface area (Å²) in [6, 6.07) is 2.95. The van der Waals surface area contributed by atoms with Crippen molar-refractivity contribution in [3.63, 3.8) is 0 Å². The highest BCUT2D eigenvalue weighted by Gasteiger charge is 2.19. The van der Waals surface area contributed by atoms with E-state index in [9.17, 15) is 10.2 Å². The minimum atomic E-state index is -0.815. The zero-order chi connectivity index (χ0) is 11.4. The summed E-state index contributed by atoms with van der Waals surface area (Å²) in [6.45, 7) is 0.333. The zero-order valence-corrected chi connectivity index (χ0v) is 9.38. The molecule has 4 nitrogen and oxygen atoms in total. The lowest BCUT2D eigenvalue weighted by molar-refractivity contribution is 0.172. The molecule has 1 unspecified atom stereocenters. The monoisotopic (exact) mass is 231 g/mol. The van der Waals surface area contributed by atoms with E-state index in [1.807, 2.05) is 0 Å². The van der Waals surface area contributed by atoms with Crippen molar-refractivity contribution < 1.29 is 14.9 Å². The molecule has 0 radical (unpaired) electrons. The van der Waals surface area contributed by atoms with Crippen molar-refractivity contribution in [3.8, 4) is 11.5 Å². The number of aliphatic hydroxyl groups is 1. The van der Waals surface area contributed by atoms with E-state index in [2.05, 4.69) is 5.32 Å². The normalized spacial score (nSPS) is 12.5. The summed E-state index contributed by atoms with van der Waals surface area (Å²) in [6.07, 6.45) is -0.815. The number of ether oxygens (including phenoxy) is 1. The van der Waals surface area contributed by atoms with E-state index in [4.69, 9.17) is 16.3 Å². The van der Waals surface area contributed by atoms with Gasteiger partial charge in [-0.1, -0.05) is 11.6 Å². The number of nitrogens with one attached hydrogen (secondary N) is 1. The molecule has 0 aliphatic rings. The molecule has 0 fully saturated rings. The van der Waals surface area contributed by atoms with Gasteiger partial charge in [0.25, 0.3) is 0 Å². The molecular weight excluding hydrogens is 218 g/mol. The summed E-state index contributed by atoms with van der Waals surface area (Å²) in [5.74, 6) is 0.178. The van der Waals surface area contributed by atoms with Crippen molar-refractivity contribution >= 4 is 11.6 Å². The average molecular weight is 232 g/mol. The van der Waals surface area contributed by atoms with Gasteiger partial charge in [0.15, 0.2) is 11.5 Å². The highest BCUT2D eigenvalue weighted by molar-refractivity contribution is 6.31. The molecule has 0 saturated heterocycles. The summed E-state index contributed by atoms with van der Waals surface area (Å²) in [7, 11) is 3.13. The van der Waals surface area contributed by atoms with E-state index in [1.165, 1.54) is 19.2 Å². The van der Waals surface area contributed by atoms with Crippen LogP contribution in [-0.2, 0) is 0 Å². The topological polar surface area (TPSA) is 61.7 Å². The maximum absolute atomic E-state index is 9.80. The molecule has 0 spiro atoms. The maximum Gasteiger partial charge on any atom is 0.167 e. The lowest BCUT2D eigenvalue weighted by atomic mass is 10.1. The number of aromatic hydroxyl groups is 1. The number of phenolic OH excluding ortho intramolecular Hbond substituents is 1. The van der Waals surface area contributed by atoms with Crippen LogP contribution in [0.25, 0.3) is 0 Å². The van der Waals surface area contributed by atoms with Gasteiger partial charge in [0.1, 0.15) is 0 Å². The first kappa shape index (κ1) is 12.1. The third-order valence-corrected chi connectivity index (χ3v) is 2.39. The molecule has 84 valence electrons. The zero-order valence-electron chi connectivity index (χ0n) is 8.62. The highest BCUT2D eigenvalue weighted by Crippen LogP contribution is 2.38. The largest absolute Gasteiger partial charge is 0.504 e. The Morgan fingerprint density at radius 3 is 2.73 bits per heavy atom. The second kappa shape index (κ2) is 5.21. The molecule has 3 N–H and O–H groups in total. The van der Waals surface area contributed by atoms with Gasteiger partial charge in [0.05, 0.1) is 18.2 Å². The minimum Gasteiger partial charge on any atom is -0.504 e. The van der Waals surface area contributed by atoms with Crippen molar-refractivity contribution in [2.75, 3.05) is 20.7 Å². The Balaban J connectivity index is 3.18. The number of rotatable bonds is 4. The summed E-state index contributed by atoms with van der Waals surface area (Å²) in [4.78, 5) is 0. The van der Waals surface area contributed by atoms with Gasteiger partial charge in [-0.3, -0.25) is 0 Å². The number of likely N-dealkylation sites (N-methyl/N-ethyl adjacent to an activating group) is 1. The van der Waals surface area contributed by atoms with Crippen LogP contribution < -0.4 is 10.1 Å². The van der Waals surface area contributed by atoms with Gasteiger partial charge in [0.2, 0.25) is 0 Å². The van der Waals surface area contributed by atoms with Crippen LogP contribution in [0.1, 0.15) is 11.7 Å². The van der Waals surface area contributed by atoms with Gasteiger partial charge < -0.3 is 20.3 Å². The van der Waals surface area contributed by atoms with E-state index in [1.54, 1.807) is 7.05 Å². The molecule has 0 bridgehead atoms. The van der Waals surface area contributed by atoms with Crippen LogP contribution in [0.5, 0.6) is 11.5 Å². The molecule has 5 heteroatoms. The smallest absolute Gasteiger partial charge is 0.167 e. The summed E-state index contributed by atoms with van der Waals surface area (Å²) >= 11 is 5.93. The van der Waals surface area contributed by atoms with Crippen LogP contribution in [0.4, 0.5) is 0 Å². The second-order valence-electron chi connectivity index (χ2n) is 3.09. The number of phenols is 1. The average Bonchev–Trinajstić information content (AvgIpc) is 2.21. The Bertz CT molecular complexity index is 344. The van der Waals surface area contributed by atoms with Crippen LogP contribution in [0.15, 0.2) is 12.1 Å². The van der Waals surface area contributed by atoms with Gasteiger partial charge >= 0.3 is 0 Å². The van der Waals surface area contributed by atoms with Crippen molar-refractivity contribution in [1.29, 1.82) is 0 Å². The fourth-order valence-corrected chi connectivity index (χ4v) is 1.66. The van der Waals surface area contributed by atoms with E-state index < -0.39 is 6.10 Å². The summed E-state index contributed by atoms with van der Waals surface area (Å²) in [5, 5.41) is 22.5. The lowest BCUT2D eigenvalue weighted by Gasteiger charge is -2.16. The molecule has 1 aromatic rings. The molecule has 0 aromatic heterocycles. The van der Waals surface area contributed by atoms with Crippen molar-refractivity contribution in [2.45, 2.75) is 6.10 Å². The van der Waals surface area contributed by atoms with Crippen LogP contribution >= 0.6 is 11.6 Å². The lowest BCUT2D eigenvalue weighted by Crippen LogP contribution is -2.17. The fraction of sp³-hybridized carbons (Fsp3) is 0.400. The summed E-state index contributed by atoms with van der Waals surface area (Å²) in [5.41, 5.74) is 0.397. The molecule has 15 heavy (non-hydrogen) atoms. The van der Waals surface area contributed by atoms with Crippen LogP contribution in [0, 0.1) is 0 Å². The fourth-order valence-electron chi connectivity index (χ4n) is 1.38. The number of benzene rings is 1. The first-order chi connectivity index (χ1) is 7.11. The van der Waals surface area contributed by atoms with E-state index >= 15 is 0 Å². The molecule has 0 aliphatic heterocycles. The predicted molar refractivity (Wildman–Crippen MR) is 58.6 cm³/mol. The first-order valence-electron chi connectivity index (χ1n) is 4.49.